The van der Waals surface area contributed by atoms with Gasteiger partial charge in [0.05, 0.1) is 6.04 Å². The number of thiophene rings is 1. The summed E-state index contributed by atoms with van der Waals surface area (Å²) in [5.41, 5.74) is 3.97. The first-order valence-corrected chi connectivity index (χ1v) is 12.8. The number of rotatable bonds is 7. The van der Waals surface area contributed by atoms with E-state index in [1.165, 1.54) is 16.0 Å². The lowest BCUT2D eigenvalue weighted by atomic mass is 10.00. The molecule has 1 aliphatic carbocycles. The second-order valence-corrected chi connectivity index (χ2v) is 10.3. The van der Waals surface area contributed by atoms with Crippen molar-refractivity contribution in [2.45, 2.75) is 45.2 Å². The lowest BCUT2D eigenvalue weighted by Crippen LogP contribution is -2.48. The number of amides is 2. The average Bonchev–Trinajstić information content (AvgIpc) is 3.57. The van der Waals surface area contributed by atoms with Crippen LogP contribution in [0.15, 0.2) is 60.0 Å². The zero-order valence-electron chi connectivity index (χ0n) is 19.7. The van der Waals surface area contributed by atoms with Crippen molar-refractivity contribution in [2.75, 3.05) is 19.7 Å². The fourth-order valence-corrected chi connectivity index (χ4v) is 5.57. The van der Waals surface area contributed by atoms with Crippen LogP contribution in [0.5, 0.6) is 5.75 Å². The van der Waals surface area contributed by atoms with Crippen molar-refractivity contribution in [2.24, 2.45) is 0 Å². The number of nitrogens with zero attached hydrogens (tertiary/aromatic N) is 2. The molecule has 3 aromatic rings. The Bertz CT molecular complexity index is 1180. The molecular weight excluding hydrogens is 444 g/mol. The second-order valence-electron chi connectivity index (χ2n) is 9.26. The van der Waals surface area contributed by atoms with Crippen molar-refractivity contribution in [3.63, 3.8) is 0 Å². The van der Waals surface area contributed by atoms with Crippen LogP contribution in [0.1, 0.15) is 50.8 Å². The van der Waals surface area contributed by atoms with Gasteiger partial charge in [-0.1, -0.05) is 35.9 Å². The quantitative estimate of drug-likeness (QED) is 0.474. The molecule has 2 aromatic carbocycles. The van der Waals surface area contributed by atoms with Crippen LogP contribution in [-0.4, -0.2) is 47.4 Å². The van der Waals surface area contributed by atoms with Crippen LogP contribution in [0.3, 0.4) is 0 Å². The molecular formula is C28H30N2O3S. The van der Waals surface area contributed by atoms with Gasteiger partial charge in [0, 0.05) is 23.0 Å². The van der Waals surface area contributed by atoms with Crippen LogP contribution < -0.4 is 4.74 Å². The lowest BCUT2D eigenvalue weighted by Gasteiger charge is -2.37. The summed E-state index contributed by atoms with van der Waals surface area (Å²) in [7, 11) is 0. The molecule has 0 saturated heterocycles. The molecule has 0 spiro atoms. The van der Waals surface area contributed by atoms with E-state index < -0.39 is 0 Å². The van der Waals surface area contributed by atoms with Gasteiger partial charge in [-0.05, 0) is 73.9 Å². The zero-order chi connectivity index (χ0) is 23.7. The van der Waals surface area contributed by atoms with Gasteiger partial charge in [0.1, 0.15) is 18.9 Å². The van der Waals surface area contributed by atoms with Crippen molar-refractivity contribution < 1.29 is 14.3 Å². The molecule has 2 amide bonds. The van der Waals surface area contributed by atoms with Crippen LogP contribution in [0.4, 0.5) is 0 Å². The van der Waals surface area contributed by atoms with Gasteiger partial charge in [-0.3, -0.25) is 9.59 Å². The van der Waals surface area contributed by atoms with Crippen molar-refractivity contribution in [3.05, 3.63) is 87.1 Å². The number of hydrogen-bond acceptors (Lipinski definition) is 4. The monoisotopic (exact) mass is 474 g/mol. The molecule has 1 atom stereocenters. The zero-order valence-corrected chi connectivity index (χ0v) is 20.5. The van der Waals surface area contributed by atoms with Crippen LogP contribution >= 0.6 is 11.3 Å². The van der Waals surface area contributed by atoms with E-state index in [4.69, 9.17) is 4.74 Å². The average molecular weight is 475 g/mol. The van der Waals surface area contributed by atoms with Gasteiger partial charge in [0.2, 0.25) is 5.91 Å². The highest BCUT2D eigenvalue weighted by molar-refractivity contribution is 7.10. The van der Waals surface area contributed by atoms with Gasteiger partial charge in [0.25, 0.3) is 5.91 Å². The predicted molar refractivity (Wildman–Crippen MR) is 134 cm³/mol. The van der Waals surface area contributed by atoms with Gasteiger partial charge in [-0.25, -0.2) is 0 Å². The molecule has 1 saturated carbocycles. The second kappa shape index (κ2) is 9.63. The van der Waals surface area contributed by atoms with Crippen LogP contribution in [0, 0.1) is 13.8 Å². The summed E-state index contributed by atoms with van der Waals surface area (Å²) in [5, 5.41) is 2.09. The summed E-state index contributed by atoms with van der Waals surface area (Å²) in [4.78, 5) is 32.0. The van der Waals surface area contributed by atoms with E-state index in [-0.39, 0.29) is 30.4 Å². The third-order valence-electron chi connectivity index (χ3n) is 6.77. The smallest absolute Gasteiger partial charge is 0.254 e. The number of carbonyl (C=O) groups excluding carboxylic acids is 2. The van der Waals surface area contributed by atoms with Crippen molar-refractivity contribution in [1.29, 1.82) is 0 Å². The standard InChI is InChI=1S/C28H30N2O3S/c1-19-7-11-22(12-8-19)33-18-25-24-14-16-34-26(24)13-15-29(25)27(31)17-30(21-9-10-21)28(32)23-6-4-3-5-20(23)2/h3-8,11-12,14,16,21,25H,9-10,13,15,17-18H2,1-2H3. The molecule has 0 bridgehead atoms. The van der Waals surface area contributed by atoms with E-state index in [2.05, 4.69) is 11.4 Å². The number of carbonyl (C=O) groups is 2. The third-order valence-corrected chi connectivity index (χ3v) is 7.77. The van der Waals surface area contributed by atoms with Crippen LogP contribution in [0.25, 0.3) is 0 Å². The summed E-state index contributed by atoms with van der Waals surface area (Å²) in [6.45, 7) is 5.14. The lowest BCUT2D eigenvalue weighted by molar-refractivity contribution is -0.135. The van der Waals surface area contributed by atoms with Crippen molar-refractivity contribution in [1.82, 2.24) is 9.80 Å². The number of hydrogen-bond donors (Lipinski definition) is 0. The van der Waals surface area contributed by atoms with Gasteiger partial charge >= 0.3 is 0 Å². The molecule has 2 aliphatic rings. The third kappa shape index (κ3) is 4.73. The maximum atomic E-state index is 13.6. The Morgan fingerprint density at radius 2 is 1.82 bits per heavy atom. The molecule has 1 unspecified atom stereocenters. The molecule has 5 rings (SSSR count). The number of ether oxygens (including phenoxy) is 1. The van der Waals surface area contributed by atoms with Crippen LogP contribution in [-0.2, 0) is 11.2 Å². The first kappa shape index (κ1) is 22.7. The van der Waals surface area contributed by atoms with Crippen molar-refractivity contribution >= 4 is 23.2 Å². The first-order valence-electron chi connectivity index (χ1n) is 11.9. The molecule has 1 aliphatic heterocycles. The molecule has 1 fully saturated rings. The normalized spacial score (nSPS) is 17.2. The minimum absolute atomic E-state index is 0.0109. The summed E-state index contributed by atoms with van der Waals surface area (Å²) >= 11 is 1.74. The Kier molecular flexibility index (Phi) is 6.42. The highest BCUT2D eigenvalue weighted by atomic mass is 32.1. The highest BCUT2D eigenvalue weighted by Gasteiger charge is 2.38. The summed E-state index contributed by atoms with van der Waals surface area (Å²) in [5.74, 6) is 0.743. The predicted octanol–water partition coefficient (Wildman–Crippen LogP) is 5.17. The van der Waals surface area contributed by atoms with Gasteiger partial charge in [-0.15, -0.1) is 11.3 Å². The maximum absolute atomic E-state index is 13.6. The Morgan fingerprint density at radius 3 is 2.56 bits per heavy atom. The van der Waals surface area contributed by atoms with Crippen LogP contribution in [0.2, 0.25) is 0 Å². The van der Waals surface area contributed by atoms with Gasteiger partial charge in [0.15, 0.2) is 0 Å². The molecule has 0 N–H and O–H groups in total. The largest absolute Gasteiger partial charge is 0.491 e. The van der Waals surface area contributed by atoms with E-state index in [1.807, 2.05) is 67.3 Å². The fourth-order valence-electron chi connectivity index (χ4n) is 4.64. The molecule has 176 valence electrons. The van der Waals surface area contributed by atoms with Crippen molar-refractivity contribution in [3.8, 4) is 5.75 Å². The maximum Gasteiger partial charge on any atom is 0.254 e. The first-order chi connectivity index (χ1) is 16.5. The van der Waals surface area contributed by atoms with Gasteiger partial charge < -0.3 is 14.5 Å². The van der Waals surface area contributed by atoms with E-state index in [1.54, 1.807) is 16.2 Å². The Balaban J connectivity index is 1.34. The molecule has 5 nitrogen and oxygen atoms in total. The molecule has 0 radical (unpaired) electrons. The molecule has 34 heavy (non-hydrogen) atoms. The summed E-state index contributed by atoms with van der Waals surface area (Å²) < 4.78 is 6.13. The minimum atomic E-state index is -0.154. The minimum Gasteiger partial charge on any atom is -0.491 e. The topological polar surface area (TPSA) is 49.9 Å². The molecule has 2 heterocycles. The Hall–Kier alpha value is -3.12. The SMILES string of the molecule is Cc1ccc(OCC2c3ccsc3CCN2C(=O)CN(C(=O)c2ccccc2C)C2CC2)cc1. The fraction of sp³-hybridized carbons (Fsp3) is 0.357. The molecule has 6 heteroatoms. The number of aryl methyl sites for hydroxylation is 2. The van der Waals surface area contributed by atoms with Gasteiger partial charge in [-0.2, -0.15) is 0 Å². The highest BCUT2D eigenvalue weighted by Crippen LogP contribution is 2.35. The summed E-state index contributed by atoms with van der Waals surface area (Å²) in [6, 6.07) is 17.7. The Labute approximate surface area is 205 Å². The Morgan fingerprint density at radius 1 is 1.06 bits per heavy atom. The number of benzene rings is 2. The van der Waals surface area contributed by atoms with E-state index in [0.717, 1.165) is 30.6 Å². The van der Waals surface area contributed by atoms with E-state index >= 15 is 0 Å². The van der Waals surface area contributed by atoms with E-state index in [9.17, 15) is 9.59 Å². The number of fused-ring (bicyclic) bond motifs is 1. The summed E-state index contributed by atoms with van der Waals surface area (Å²) in [6.07, 6.45) is 2.76. The molecule has 1 aromatic heterocycles. The van der Waals surface area contributed by atoms with E-state index in [0.29, 0.717) is 18.7 Å².